The number of rotatable bonds is 4. The molecule has 0 aliphatic heterocycles. The lowest BCUT2D eigenvalue weighted by atomic mass is 9.77. The van der Waals surface area contributed by atoms with Gasteiger partial charge in [-0.25, -0.2) is 0 Å². The van der Waals surface area contributed by atoms with Crippen LogP contribution in [0.5, 0.6) is 5.75 Å². The average molecular weight is 254 g/mol. The molecule has 0 bridgehead atoms. The predicted molar refractivity (Wildman–Crippen MR) is 71.6 cm³/mol. The summed E-state index contributed by atoms with van der Waals surface area (Å²) in [5.74, 6) is 1.39. The molecule has 1 aliphatic rings. The van der Waals surface area contributed by atoms with E-state index in [1.165, 1.54) is 30.4 Å². The van der Waals surface area contributed by atoms with Crippen molar-refractivity contribution < 1.29 is 4.74 Å². The summed E-state index contributed by atoms with van der Waals surface area (Å²) in [6.45, 7) is 4.67. The number of nitrogens with two attached hydrogens (primary N) is 1. The van der Waals surface area contributed by atoms with E-state index in [0.717, 1.165) is 5.75 Å². The van der Waals surface area contributed by atoms with Gasteiger partial charge in [0.2, 0.25) is 0 Å². The highest BCUT2D eigenvalue weighted by atomic mass is 35.5. The number of benzene rings is 1. The molecule has 3 heteroatoms. The van der Waals surface area contributed by atoms with Gasteiger partial charge in [0.25, 0.3) is 0 Å². The van der Waals surface area contributed by atoms with Gasteiger partial charge in [0.05, 0.1) is 11.6 Å². The second-order valence-electron chi connectivity index (χ2n) is 4.79. The van der Waals surface area contributed by atoms with Gasteiger partial charge in [-0.1, -0.05) is 18.0 Å². The summed E-state index contributed by atoms with van der Waals surface area (Å²) in [4.78, 5) is 0. The SMILES string of the molecule is CCOc1cc(C)c(C(N)C2CCC2)cc1Cl. The monoisotopic (exact) mass is 253 g/mol. The summed E-state index contributed by atoms with van der Waals surface area (Å²) in [7, 11) is 0. The minimum atomic E-state index is 0.122. The molecule has 2 N–H and O–H groups in total. The second kappa shape index (κ2) is 5.28. The van der Waals surface area contributed by atoms with Gasteiger partial charge in [-0.05, 0) is 55.9 Å². The predicted octanol–water partition coefficient (Wildman–Crippen LogP) is 3.85. The Hall–Kier alpha value is -0.730. The van der Waals surface area contributed by atoms with Crippen LogP contribution >= 0.6 is 11.6 Å². The van der Waals surface area contributed by atoms with Crippen LogP contribution in [0.25, 0.3) is 0 Å². The second-order valence-corrected chi connectivity index (χ2v) is 5.20. The third-order valence-corrected chi connectivity index (χ3v) is 3.93. The Morgan fingerprint density at radius 3 is 2.71 bits per heavy atom. The molecule has 0 radical (unpaired) electrons. The summed E-state index contributed by atoms with van der Waals surface area (Å²) in [5, 5.41) is 0.669. The zero-order chi connectivity index (χ0) is 12.4. The van der Waals surface area contributed by atoms with E-state index >= 15 is 0 Å². The Morgan fingerprint density at radius 1 is 1.47 bits per heavy atom. The fourth-order valence-corrected chi connectivity index (χ4v) is 2.58. The normalized spacial score (nSPS) is 17.6. The molecule has 1 atom stereocenters. The molecular formula is C14H20ClNO. The molecular weight excluding hydrogens is 234 g/mol. The van der Waals surface area contributed by atoms with E-state index in [4.69, 9.17) is 22.1 Å². The molecule has 0 spiro atoms. The largest absolute Gasteiger partial charge is 0.492 e. The number of ether oxygens (including phenoxy) is 1. The number of hydrogen-bond acceptors (Lipinski definition) is 2. The van der Waals surface area contributed by atoms with Gasteiger partial charge in [0.1, 0.15) is 5.75 Å². The lowest BCUT2D eigenvalue weighted by Crippen LogP contribution is -2.27. The Balaban J connectivity index is 2.25. The first-order valence-electron chi connectivity index (χ1n) is 6.32. The smallest absolute Gasteiger partial charge is 0.138 e. The lowest BCUT2D eigenvalue weighted by molar-refractivity contribution is 0.263. The molecule has 1 unspecified atom stereocenters. The van der Waals surface area contributed by atoms with E-state index in [1.807, 2.05) is 19.1 Å². The molecule has 94 valence electrons. The third kappa shape index (κ3) is 2.58. The van der Waals surface area contributed by atoms with Crippen LogP contribution in [-0.2, 0) is 0 Å². The summed E-state index contributed by atoms with van der Waals surface area (Å²) < 4.78 is 5.48. The summed E-state index contributed by atoms with van der Waals surface area (Å²) in [6.07, 6.45) is 3.79. The number of halogens is 1. The highest BCUT2D eigenvalue weighted by molar-refractivity contribution is 6.32. The quantitative estimate of drug-likeness (QED) is 0.885. The van der Waals surface area contributed by atoms with Crippen LogP contribution in [0, 0.1) is 12.8 Å². The van der Waals surface area contributed by atoms with Gasteiger partial charge in [-0.3, -0.25) is 0 Å². The first kappa shape index (κ1) is 12.7. The standard InChI is InChI=1S/C14H20ClNO/c1-3-17-13-7-9(2)11(8-12(13)15)14(16)10-5-4-6-10/h7-8,10,14H,3-6,16H2,1-2H3. The van der Waals surface area contributed by atoms with Crippen molar-refractivity contribution in [1.29, 1.82) is 0 Å². The summed E-state index contributed by atoms with van der Waals surface area (Å²) >= 11 is 6.21. The van der Waals surface area contributed by atoms with E-state index in [1.54, 1.807) is 0 Å². The van der Waals surface area contributed by atoms with Crippen LogP contribution in [-0.4, -0.2) is 6.61 Å². The van der Waals surface area contributed by atoms with Gasteiger partial charge in [-0.15, -0.1) is 0 Å². The van der Waals surface area contributed by atoms with E-state index in [0.29, 0.717) is 17.5 Å². The Kier molecular flexibility index (Phi) is 3.95. The molecule has 2 nitrogen and oxygen atoms in total. The van der Waals surface area contributed by atoms with Crippen molar-refractivity contribution in [2.75, 3.05) is 6.61 Å². The Labute approximate surface area is 108 Å². The topological polar surface area (TPSA) is 35.2 Å². The van der Waals surface area contributed by atoms with Crippen molar-refractivity contribution >= 4 is 11.6 Å². The highest BCUT2D eigenvalue weighted by Crippen LogP contribution is 2.39. The maximum absolute atomic E-state index is 6.29. The highest BCUT2D eigenvalue weighted by Gasteiger charge is 2.27. The first-order chi connectivity index (χ1) is 8.13. The van der Waals surface area contributed by atoms with Gasteiger partial charge >= 0.3 is 0 Å². The zero-order valence-electron chi connectivity index (χ0n) is 10.5. The van der Waals surface area contributed by atoms with Crippen molar-refractivity contribution in [3.63, 3.8) is 0 Å². The number of hydrogen-bond donors (Lipinski definition) is 1. The maximum Gasteiger partial charge on any atom is 0.138 e. The Bertz CT molecular complexity index is 401. The minimum Gasteiger partial charge on any atom is -0.492 e. The lowest BCUT2D eigenvalue weighted by Gasteiger charge is -2.32. The molecule has 1 aromatic rings. The van der Waals surface area contributed by atoms with Gasteiger partial charge in [0.15, 0.2) is 0 Å². The molecule has 2 rings (SSSR count). The molecule has 0 heterocycles. The van der Waals surface area contributed by atoms with E-state index in [-0.39, 0.29) is 6.04 Å². The molecule has 1 fully saturated rings. The number of aryl methyl sites for hydroxylation is 1. The van der Waals surface area contributed by atoms with Crippen molar-refractivity contribution in [3.05, 3.63) is 28.3 Å². The molecule has 17 heavy (non-hydrogen) atoms. The average Bonchev–Trinajstić information content (AvgIpc) is 2.20. The van der Waals surface area contributed by atoms with E-state index in [2.05, 4.69) is 6.92 Å². The Morgan fingerprint density at radius 2 is 2.18 bits per heavy atom. The van der Waals surface area contributed by atoms with Gasteiger partial charge in [-0.2, -0.15) is 0 Å². The summed E-state index contributed by atoms with van der Waals surface area (Å²) in [5.41, 5.74) is 8.64. The third-order valence-electron chi connectivity index (χ3n) is 3.64. The zero-order valence-corrected chi connectivity index (χ0v) is 11.3. The minimum absolute atomic E-state index is 0.122. The first-order valence-corrected chi connectivity index (χ1v) is 6.69. The van der Waals surface area contributed by atoms with E-state index in [9.17, 15) is 0 Å². The van der Waals surface area contributed by atoms with Gasteiger partial charge < -0.3 is 10.5 Å². The fourth-order valence-electron chi connectivity index (χ4n) is 2.35. The summed E-state index contributed by atoms with van der Waals surface area (Å²) in [6, 6.07) is 4.10. The molecule has 0 aromatic heterocycles. The van der Waals surface area contributed by atoms with Gasteiger partial charge in [0, 0.05) is 6.04 Å². The van der Waals surface area contributed by atoms with Crippen LogP contribution in [0.4, 0.5) is 0 Å². The van der Waals surface area contributed by atoms with Crippen molar-refractivity contribution in [2.24, 2.45) is 11.7 Å². The van der Waals surface area contributed by atoms with Crippen LogP contribution in [0.2, 0.25) is 5.02 Å². The van der Waals surface area contributed by atoms with Crippen molar-refractivity contribution in [1.82, 2.24) is 0 Å². The van der Waals surface area contributed by atoms with Crippen LogP contribution in [0.1, 0.15) is 43.4 Å². The fraction of sp³-hybridized carbons (Fsp3) is 0.571. The molecule has 0 amide bonds. The van der Waals surface area contributed by atoms with Crippen LogP contribution in [0.15, 0.2) is 12.1 Å². The molecule has 1 aliphatic carbocycles. The molecule has 1 aromatic carbocycles. The maximum atomic E-state index is 6.29. The molecule has 1 saturated carbocycles. The van der Waals surface area contributed by atoms with Crippen LogP contribution in [0.3, 0.4) is 0 Å². The van der Waals surface area contributed by atoms with E-state index < -0.39 is 0 Å². The van der Waals surface area contributed by atoms with Crippen molar-refractivity contribution in [2.45, 2.75) is 39.2 Å². The molecule has 0 saturated heterocycles. The van der Waals surface area contributed by atoms with Crippen molar-refractivity contribution in [3.8, 4) is 5.75 Å². The van der Waals surface area contributed by atoms with Crippen LogP contribution < -0.4 is 10.5 Å².